The molecule has 0 atom stereocenters. The smallest absolute Gasteiger partial charge is 0.130 e. The van der Waals surface area contributed by atoms with E-state index in [2.05, 4.69) is 13.8 Å². The van der Waals surface area contributed by atoms with Crippen molar-refractivity contribution in [1.82, 2.24) is 0 Å². The standard InChI is InChI=1S/C18H28F2/c1-6-13(7-2)10-14-11-15(19)17(16(20)12-14)18(5,8-3)9-4/h11-13H,6-10H2,1-5H3. The molecule has 0 radical (unpaired) electrons. The van der Waals surface area contributed by atoms with Crippen LogP contribution in [0.4, 0.5) is 8.78 Å². The molecule has 0 saturated heterocycles. The molecule has 1 rings (SSSR count). The first-order chi connectivity index (χ1) is 9.41. The van der Waals surface area contributed by atoms with E-state index in [4.69, 9.17) is 0 Å². The van der Waals surface area contributed by atoms with Gasteiger partial charge in [0, 0.05) is 5.56 Å². The van der Waals surface area contributed by atoms with Crippen LogP contribution in [-0.4, -0.2) is 0 Å². The van der Waals surface area contributed by atoms with E-state index in [-0.39, 0.29) is 17.2 Å². The Bertz CT molecular complexity index is 406. The van der Waals surface area contributed by atoms with Crippen molar-refractivity contribution in [1.29, 1.82) is 0 Å². The second-order valence-corrected chi connectivity index (χ2v) is 6.09. The van der Waals surface area contributed by atoms with Gasteiger partial charge in [-0.1, -0.05) is 47.5 Å². The van der Waals surface area contributed by atoms with Crippen LogP contribution in [0.5, 0.6) is 0 Å². The monoisotopic (exact) mass is 282 g/mol. The second kappa shape index (κ2) is 7.19. The van der Waals surface area contributed by atoms with Gasteiger partial charge in [0.15, 0.2) is 0 Å². The molecule has 20 heavy (non-hydrogen) atoms. The molecular formula is C18H28F2. The van der Waals surface area contributed by atoms with E-state index in [0.717, 1.165) is 37.7 Å². The normalized spacial score (nSPS) is 12.2. The third-order valence-electron chi connectivity index (χ3n) is 4.95. The lowest BCUT2D eigenvalue weighted by molar-refractivity contribution is 0.389. The van der Waals surface area contributed by atoms with Crippen LogP contribution in [0, 0.1) is 17.6 Å². The molecule has 0 unspecified atom stereocenters. The number of rotatable bonds is 7. The minimum atomic E-state index is -0.415. The van der Waals surface area contributed by atoms with Crippen LogP contribution in [0.2, 0.25) is 0 Å². The second-order valence-electron chi connectivity index (χ2n) is 6.09. The fourth-order valence-electron chi connectivity index (χ4n) is 2.83. The van der Waals surface area contributed by atoms with Crippen molar-refractivity contribution >= 4 is 0 Å². The van der Waals surface area contributed by atoms with E-state index in [1.54, 1.807) is 12.1 Å². The highest BCUT2D eigenvalue weighted by atomic mass is 19.1. The fraction of sp³-hybridized carbons (Fsp3) is 0.667. The van der Waals surface area contributed by atoms with E-state index in [1.807, 2.05) is 20.8 Å². The summed E-state index contributed by atoms with van der Waals surface area (Å²) in [7, 11) is 0. The lowest BCUT2D eigenvalue weighted by Gasteiger charge is -2.28. The van der Waals surface area contributed by atoms with Crippen LogP contribution in [0.3, 0.4) is 0 Å². The van der Waals surface area contributed by atoms with Gasteiger partial charge in [0.2, 0.25) is 0 Å². The quantitative estimate of drug-likeness (QED) is 0.573. The van der Waals surface area contributed by atoms with Crippen LogP contribution >= 0.6 is 0 Å². The summed E-state index contributed by atoms with van der Waals surface area (Å²) < 4.78 is 28.8. The molecule has 0 aliphatic rings. The van der Waals surface area contributed by atoms with E-state index in [9.17, 15) is 8.78 Å². The predicted octanol–water partition coefficient (Wildman–Crippen LogP) is 6.02. The summed E-state index contributed by atoms with van der Waals surface area (Å²) in [6.45, 7) is 10.2. The van der Waals surface area contributed by atoms with E-state index in [0.29, 0.717) is 5.92 Å². The molecule has 0 fully saturated rings. The Morgan fingerprint density at radius 2 is 1.40 bits per heavy atom. The van der Waals surface area contributed by atoms with Crippen LogP contribution in [0.15, 0.2) is 12.1 Å². The Labute approximate surface area is 122 Å². The summed E-state index contributed by atoms with van der Waals surface area (Å²) in [6, 6.07) is 3.08. The molecule has 0 saturated carbocycles. The van der Waals surface area contributed by atoms with Crippen molar-refractivity contribution in [2.45, 2.75) is 72.1 Å². The maximum absolute atomic E-state index is 14.4. The lowest BCUT2D eigenvalue weighted by atomic mass is 9.76. The first kappa shape index (κ1) is 17.1. The molecule has 0 aliphatic carbocycles. The Balaban J connectivity index is 3.15. The zero-order valence-electron chi connectivity index (χ0n) is 13.5. The molecule has 0 heterocycles. The summed E-state index contributed by atoms with van der Waals surface area (Å²) in [5.41, 5.74) is 0.629. The summed E-state index contributed by atoms with van der Waals surface area (Å²) in [5.74, 6) is -0.252. The predicted molar refractivity (Wildman–Crippen MR) is 82.1 cm³/mol. The minimum Gasteiger partial charge on any atom is -0.207 e. The van der Waals surface area contributed by atoms with Crippen LogP contribution < -0.4 is 0 Å². The third kappa shape index (κ3) is 3.59. The van der Waals surface area contributed by atoms with E-state index < -0.39 is 5.41 Å². The summed E-state index contributed by atoms with van der Waals surface area (Å²) >= 11 is 0. The molecule has 0 aromatic heterocycles. The zero-order valence-corrected chi connectivity index (χ0v) is 13.5. The molecule has 2 heteroatoms. The van der Waals surface area contributed by atoms with Crippen molar-refractivity contribution < 1.29 is 8.78 Å². The van der Waals surface area contributed by atoms with Crippen molar-refractivity contribution in [3.8, 4) is 0 Å². The fourth-order valence-corrected chi connectivity index (χ4v) is 2.83. The topological polar surface area (TPSA) is 0 Å². The van der Waals surface area contributed by atoms with Gasteiger partial charge in [-0.25, -0.2) is 8.78 Å². The van der Waals surface area contributed by atoms with Crippen LogP contribution in [-0.2, 0) is 11.8 Å². The average molecular weight is 282 g/mol. The molecule has 114 valence electrons. The summed E-state index contributed by atoms with van der Waals surface area (Å²) in [6.07, 6.45) is 4.33. The number of hydrogen-bond donors (Lipinski definition) is 0. The number of halogens is 2. The molecule has 1 aromatic rings. The van der Waals surface area contributed by atoms with Gasteiger partial charge in [0.25, 0.3) is 0 Å². The lowest BCUT2D eigenvalue weighted by Crippen LogP contribution is -2.23. The molecule has 0 spiro atoms. The molecule has 0 nitrogen and oxygen atoms in total. The van der Waals surface area contributed by atoms with Crippen LogP contribution in [0.25, 0.3) is 0 Å². The third-order valence-corrected chi connectivity index (χ3v) is 4.95. The number of benzene rings is 1. The van der Waals surface area contributed by atoms with Gasteiger partial charge in [-0.05, 0) is 48.3 Å². The Morgan fingerprint density at radius 1 is 0.950 bits per heavy atom. The highest BCUT2D eigenvalue weighted by molar-refractivity contribution is 5.32. The van der Waals surface area contributed by atoms with Gasteiger partial charge < -0.3 is 0 Å². The summed E-state index contributed by atoms with van der Waals surface area (Å²) in [4.78, 5) is 0. The van der Waals surface area contributed by atoms with E-state index >= 15 is 0 Å². The van der Waals surface area contributed by atoms with Gasteiger partial charge in [0.05, 0.1) is 0 Å². The van der Waals surface area contributed by atoms with Crippen molar-refractivity contribution in [3.05, 3.63) is 34.9 Å². The van der Waals surface area contributed by atoms with Crippen LogP contribution in [0.1, 0.15) is 71.4 Å². The zero-order chi connectivity index (χ0) is 15.3. The van der Waals surface area contributed by atoms with E-state index in [1.165, 1.54) is 0 Å². The van der Waals surface area contributed by atoms with Gasteiger partial charge in [-0.2, -0.15) is 0 Å². The molecule has 0 bridgehead atoms. The Morgan fingerprint density at radius 3 is 1.75 bits per heavy atom. The Hall–Kier alpha value is -0.920. The molecule has 0 N–H and O–H groups in total. The van der Waals surface area contributed by atoms with Gasteiger partial charge in [0.1, 0.15) is 11.6 Å². The molecule has 0 amide bonds. The highest BCUT2D eigenvalue weighted by Gasteiger charge is 2.29. The Kier molecular flexibility index (Phi) is 6.16. The van der Waals surface area contributed by atoms with Gasteiger partial charge in [-0.15, -0.1) is 0 Å². The van der Waals surface area contributed by atoms with Crippen molar-refractivity contribution in [2.24, 2.45) is 5.92 Å². The maximum atomic E-state index is 14.4. The first-order valence-electron chi connectivity index (χ1n) is 7.90. The molecular weight excluding hydrogens is 254 g/mol. The average Bonchev–Trinajstić information content (AvgIpc) is 2.43. The maximum Gasteiger partial charge on any atom is 0.130 e. The molecule has 1 aromatic carbocycles. The summed E-state index contributed by atoms with van der Waals surface area (Å²) in [5, 5.41) is 0. The molecule has 0 aliphatic heterocycles. The SMILES string of the molecule is CCC(CC)Cc1cc(F)c(C(C)(CC)CC)c(F)c1. The van der Waals surface area contributed by atoms with Gasteiger partial charge >= 0.3 is 0 Å². The highest BCUT2D eigenvalue weighted by Crippen LogP contribution is 2.35. The van der Waals surface area contributed by atoms with Crippen molar-refractivity contribution in [3.63, 3.8) is 0 Å². The first-order valence-corrected chi connectivity index (χ1v) is 7.90. The minimum absolute atomic E-state index is 0.260. The number of hydrogen-bond acceptors (Lipinski definition) is 0. The van der Waals surface area contributed by atoms with Gasteiger partial charge in [-0.3, -0.25) is 0 Å². The van der Waals surface area contributed by atoms with Crippen molar-refractivity contribution in [2.75, 3.05) is 0 Å². The largest absolute Gasteiger partial charge is 0.207 e.